The van der Waals surface area contributed by atoms with Crippen molar-refractivity contribution in [2.45, 2.75) is 31.2 Å². The van der Waals surface area contributed by atoms with Crippen molar-refractivity contribution in [3.05, 3.63) is 54.1 Å². The fraction of sp³-hybridized carbons (Fsp3) is 0.348. The van der Waals surface area contributed by atoms with Gasteiger partial charge in [0.2, 0.25) is 0 Å². The molecule has 30 heavy (non-hydrogen) atoms. The third kappa shape index (κ3) is 3.40. The predicted octanol–water partition coefficient (Wildman–Crippen LogP) is 3.21. The van der Waals surface area contributed by atoms with Gasteiger partial charge in [0.1, 0.15) is 5.54 Å². The highest BCUT2D eigenvalue weighted by Gasteiger charge is 2.52. The Balaban J connectivity index is 1.56. The summed E-state index contributed by atoms with van der Waals surface area (Å²) in [5.41, 5.74) is 1.57. The molecule has 0 radical (unpaired) electrons. The average molecular weight is 407 g/mol. The Kier molecular flexibility index (Phi) is 5.20. The zero-order chi connectivity index (χ0) is 21.3. The van der Waals surface area contributed by atoms with Gasteiger partial charge in [0, 0.05) is 19.8 Å². The van der Waals surface area contributed by atoms with Crippen LogP contribution in [0.5, 0.6) is 0 Å². The number of para-hydroxylation sites is 2. The van der Waals surface area contributed by atoms with E-state index in [0.29, 0.717) is 29.8 Å². The zero-order valence-electron chi connectivity index (χ0n) is 17.2. The van der Waals surface area contributed by atoms with Gasteiger partial charge in [-0.25, -0.2) is 4.79 Å². The summed E-state index contributed by atoms with van der Waals surface area (Å²) >= 11 is 0. The Morgan fingerprint density at radius 2 is 1.83 bits per heavy atom. The zero-order valence-corrected chi connectivity index (χ0v) is 17.2. The second-order valence-corrected chi connectivity index (χ2v) is 7.96. The van der Waals surface area contributed by atoms with Crippen molar-refractivity contribution in [3.8, 4) is 0 Å². The fourth-order valence-corrected chi connectivity index (χ4v) is 4.31. The number of amides is 2. The lowest BCUT2D eigenvalue weighted by molar-refractivity contribution is -0.129. The molecule has 1 fully saturated rings. The van der Waals surface area contributed by atoms with Gasteiger partial charge < -0.3 is 15.0 Å². The summed E-state index contributed by atoms with van der Waals surface area (Å²) in [7, 11) is 3.77. The molecule has 1 aliphatic heterocycles. The molecule has 0 saturated heterocycles. The minimum Gasteiger partial charge on any atom is -0.452 e. The molecule has 2 aromatic carbocycles. The molecule has 1 saturated carbocycles. The summed E-state index contributed by atoms with van der Waals surface area (Å²) < 4.78 is 5.35. The highest BCUT2D eigenvalue weighted by atomic mass is 16.5. The highest BCUT2D eigenvalue weighted by molar-refractivity contribution is 6.15. The number of rotatable bonds is 4. The third-order valence-electron chi connectivity index (χ3n) is 5.85. The largest absolute Gasteiger partial charge is 0.452 e. The first-order valence-electron chi connectivity index (χ1n) is 10.1. The summed E-state index contributed by atoms with van der Waals surface area (Å²) in [6, 6.07) is 14.3. The average Bonchev–Trinajstić information content (AvgIpc) is 3.23. The molecule has 1 heterocycles. The van der Waals surface area contributed by atoms with Crippen LogP contribution in [-0.2, 0) is 14.3 Å². The van der Waals surface area contributed by atoms with Gasteiger partial charge in [0.15, 0.2) is 6.61 Å². The number of benzene rings is 2. The number of nitrogens with zero attached hydrogens (tertiary/aromatic N) is 2. The highest BCUT2D eigenvalue weighted by Crippen LogP contribution is 2.45. The molecule has 156 valence electrons. The van der Waals surface area contributed by atoms with E-state index in [1.165, 1.54) is 0 Å². The Morgan fingerprint density at radius 3 is 2.57 bits per heavy atom. The van der Waals surface area contributed by atoms with Crippen LogP contribution >= 0.6 is 0 Å². The summed E-state index contributed by atoms with van der Waals surface area (Å²) in [5, 5.41) is 2.94. The van der Waals surface area contributed by atoms with Crippen molar-refractivity contribution in [1.82, 2.24) is 0 Å². The molecule has 4 rings (SSSR count). The molecule has 2 aromatic rings. The van der Waals surface area contributed by atoms with Crippen molar-refractivity contribution in [3.63, 3.8) is 0 Å². The van der Waals surface area contributed by atoms with Gasteiger partial charge in [-0.2, -0.15) is 0 Å². The number of carbonyl (C=O) groups is 3. The minimum absolute atomic E-state index is 0.169. The maximum atomic E-state index is 13.2. The second kappa shape index (κ2) is 7.82. The summed E-state index contributed by atoms with van der Waals surface area (Å²) in [6.45, 7) is -0.422. The van der Waals surface area contributed by atoms with E-state index in [4.69, 9.17) is 4.74 Å². The number of fused-ring (bicyclic) bond motifs is 1. The molecule has 7 heteroatoms. The first-order chi connectivity index (χ1) is 14.4. The van der Waals surface area contributed by atoms with Crippen LogP contribution in [0.25, 0.3) is 0 Å². The number of anilines is 3. The molecule has 0 unspecified atom stereocenters. The topological polar surface area (TPSA) is 79.0 Å². The van der Waals surface area contributed by atoms with E-state index in [1.54, 1.807) is 29.2 Å². The number of ether oxygens (including phenoxy) is 1. The van der Waals surface area contributed by atoms with E-state index in [0.717, 1.165) is 18.5 Å². The molecule has 1 aliphatic carbocycles. The maximum Gasteiger partial charge on any atom is 0.338 e. The SMILES string of the molecule is CN(C)c1cccc(C(=O)OCC(=O)N2c3ccccc3NC(=O)C23CCCC3)c1. The van der Waals surface area contributed by atoms with Crippen LogP contribution in [-0.4, -0.2) is 44.0 Å². The Morgan fingerprint density at radius 1 is 1.10 bits per heavy atom. The lowest BCUT2D eigenvalue weighted by Gasteiger charge is -2.44. The number of nitrogens with one attached hydrogen (secondary N) is 1. The van der Waals surface area contributed by atoms with Crippen molar-refractivity contribution in [2.75, 3.05) is 35.8 Å². The first-order valence-corrected chi connectivity index (χ1v) is 10.1. The molecule has 1 spiro atoms. The summed E-state index contributed by atoms with van der Waals surface area (Å²) in [6.07, 6.45) is 2.93. The monoisotopic (exact) mass is 407 g/mol. The molecule has 0 atom stereocenters. The molecule has 0 aromatic heterocycles. The maximum absolute atomic E-state index is 13.2. The summed E-state index contributed by atoms with van der Waals surface area (Å²) in [4.78, 5) is 42.2. The number of hydrogen-bond donors (Lipinski definition) is 1. The van der Waals surface area contributed by atoms with Gasteiger partial charge in [-0.1, -0.05) is 31.0 Å². The van der Waals surface area contributed by atoms with Gasteiger partial charge >= 0.3 is 5.97 Å². The molecule has 2 amide bonds. The number of hydrogen-bond acceptors (Lipinski definition) is 5. The van der Waals surface area contributed by atoms with Gasteiger partial charge in [0.25, 0.3) is 11.8 Å². The second-order valence-electron chi connectivity index (χ2n) is 7.96. The predicted molar refractivity (Wildman–Crippen MR) is 115 cm³/mol. The van der Waals surface area contributed by atoms with Crippen LogP contribution in [0.15, 0.2) is 48.5 Å². The molecule has 2 aliphatic rings. The lowest BCUT2D eigenvalue weighted by Crippen LogP contribution is -2.61. The van der Waals surface area contributed by atoms with Crippen LogP contribution in [0.4, 0.5) is 17.1 Å². The van der Waals surface area contributed by atoms with Crippen molar-refractivity contribution in [2.24, 2.45) is 0 Å². The molecule has 7 nitrogen and oxygen atoms in total. The van der Waals surface area contributed by atoms with E-state index in [2.05, 4.69) is 5.32 Å². The Hall–Kier alpha value is -3.35. The van der Waals surface area contributed by atoms with E-state index in [1.807, 2.05) is 43.3 Å². The fourth-order valence-electron chi connectivity index (χ4n) is 4.31. The van der Waals surface area contributed by atoms with E-state index in [9.17, 15) is 14.4 Å². The smallest absolute Gasteiger partial charge is 0.338 e. The van der Waals surface area contributed by atoms with E-state index >= 15 is 0 Å². The number of carbonyl (C=O) groups excluding carboxylic acids is 3. The van der Waals surface area contributed by atoms with Crippen LogP contribution in [0.2, 0.25) is 0 Å². The molecule has 1 N–H and O–H groups in total. The Labute approximate surface area is 175 Å². The van der Waals surface area contributed by atoms with Crippen LogP contribution < -0.4 is 15.1 Å². The molecular weight excluding hydrogens is 382 g/mol. The van der Waals surface area contributed by atoms with Crippen molar-refractivity contribution in [1.29, 1.82) is 0 Å². The van der Waals surface area contributed by atoms with Gasteiger partial charge in [-0.05, 0) is 43.2 Å². The third-order valence-corrected chi connectivity index (χ3v) is 5.85. The van der Waals surface area contributed by atoms with E-state index in [-0.39, 0.29) is 5.91 Å². The quantitative estimate of drug-likeness (QED) is 0.788. The van der Waals surface area contributed by atoms with Crippen LogP contribution in [0, 0.1) is 0 Å². The normalized spacial score (nSPS) is 16.7. The van der Waals surface area contributed by atoms with Gasteiger partial charge in [0.05, 0.1) is 16.9 Å². The minimum atomic E-state index is -0.914. The van der Waals surface area contributed by atoms with Crippen molar-refractivity contribution < 1.29 is 19.1 Å². The van der Waals surface area contributed by atoms with Gasteiger partial charge in [-0.3, -0.25) is 14.5 Å². The standard InChI is InChI=1S/C23H25N3O4/c1-25(2)17-9-7-8-16(14-17)21(28)30-15-20(27)26-19-11-4-3-10-18(19)24-22(29)23(26)12-5-6-13-23/h3-4,7-11,14H,5-6,12-13,15H2,1-2H3,(H,24,29). The number of esters is 1. The lowest BCUT2D eigenvalue weighted by atomic mass is 9.90. The van der Waals surface area contributed by atoms with Crippen LogP contribution in [0.3, 0.4) is 0 Å². The first kappa shape index (κ1) is 19.9. The van der Waals surface area contributed by atoms with Gasteiger partial charge in [-0.15, -0.1) is 0 Å². The van der Waals surface area contributed by atoms with Crippen LogP contribution in [0.1, 0.15) is 36.0 Å². The summed E-state index contributed by atoms with van der Waals surface area (Å²) in [5.74, 6) is -1.13. The van der Waals surface area contributed by atoms with Crippen molar-refractivity contribution >= 4 is 34.8 Å². The Bertz CT molecular complexity index is 995. The van der Waals surface area contributed by atoms with E-state index < -0.39 is 24.0 Å². The molecule has 0 bridgehead atoms. The molecular formula is C23H25N3O4.